The van der Waals surface area contributed by atoms with Gasteiger partial charge in [0.25, 0.3) is 5.60 Å². The predicted molar refractivity (Wildman–Crippen MR) is 249 cm³/mol. The monoisotopic (exact) mass is 948 g/mol. The summed E-state index contributed by atoms with van der Waals surface area (Å²) in [4.78, 5) is 69.4. The number of aromatic hydroxyl groups is 1. The molecule has 12 atom stereocenters. The molecule has 1 amide bonds. The molecule has 2 spiro atoms. The third kappa shape index (κ3) is 5.78. The molecule has 4 saturated heterocycles. The number of phenols is 1. The van der Waals surface area contributed by atoms with Gasteiger partial charge in [-0.05, 0) is 105 Å². The molecule has 6 aliphatic heterocycles. The second kappa shape index (κ2) is 15.8. The Morgan fingerprint density at radius 2 is 1.79 bits per heavy atom. The minimum Gasteiger partial charge on any atom is -0.508 e. The van der Waals surface area contributed by atoms with Gasteiger partial charge < -0.3 is 38.9 Å². The number of fused-ring (bicyclic) bond motifs is 6. The Balaban J connectivity index is 1.17. The van der Waals surface area contributed by atoms with Gasteiger partial charge in [0.05, 0.1) is 31.3 Å². The fraction of sp³-hybridized carbons (Fsp3) is 0.538. The van der Waals surface area contributed by atoms with E-state index in [0.717, 1.165) is 31.8 Å². The molecule has 360 valence electrons. The fourth-order valence-corrected chi connectivity index (χ4v) is 15.9. The minimum absolute atomic E-state index is 0.154. The third-order valence-corrected chi connectivity index (χ3v) is 18.4. The quantitative estimate of drug-likeness (QED) is 0.0774. The number of esters is 3. The van der Waals surface area contributed by atoms with Crippen LogP contribution in [0.25, 0.3) is 10.9 Å². The molecule has 1 saturated carbocycles. The number of carbonyl (C=O) groups is 4. The van der Waals surface area contributed by atoms with Crippen molar-refractivity contribution in [3.8, 4) is 5.75 Å². The van der Waals surface area contributed by atoms with Crippen LogP contribution in [0, 0.1) is 22.7 Å². The highest BCUT2D eigenvalue weighted by atomic mass is 32.2. The van der Waals surface area contributed by atoms with E-state index in [1.165, 1.54) is 37.8 Å². The molecular formula is C52H60N4O11S. The Hall–Kier alpha value is -4.97. The van der Waals surface area contributed by atoms with E-state index >= 15 is 4.79 Å². The first-order valence-corrected chi connectivity index (χ1v) is 24.8. The van der Waals surface area contributed by atoms with Crippen molar-refractivity contribution in [3.05, 3.63) is 89.3 Å². The number of aromatic amines is 1. The standard InChI is InChI=1S/C52H60N4O11S/c1-7-47(62)25-31-26-49(45(60)64-5,42-35(15-19-54(27-31)28-47)36-22-34(13-14-39(36)53-42)68-33-12-9-11-32(59)21-33)38-23-37-40(24-41(38)63-4)56(29-57)52-50(37)17-20-55-18-10-16-48(8-2,43(50)55)44(66-30(3)58)51(52,67-52)46(61)65-6/h9-14,16,21-24,29,31,38,41,43-44,53,59,62H,7-8,15,17-20,25-28H2,1-6H3/t31-,38?,41?,43+,44-,47+,48-,49+,50-,51+,52+/m1/s1. The van der Waals surface area contributed by atoms with Gasteiger partial charge in [0.1, 0.15) is 11.2 Å². The van der Waals surface area contributed by atoms with Crippen molar-refractivity contribution in [1.82, 2.24) is 19.7 Å². The zero-order valence-corrected chi connectivity index (χ0v) is 40.2. The fourth-order valence-electron chi connectivity index (χ4n) is 15.0. The summed E-state index contributed by atoms with van der Waals surface area (Å²) in [5.41, 5.74) is -4.23. The van der Waals surface area contributed by atoms with Crippen LogP contribution in [0.3, 0.4) is 0 Å². The smallest absolute Gasteiger partial charge is 0.347 e. The van der Waals surface area contributed by atoms with Crippen LogP contribution in [0.15, 0.2) is 87.8 Å². The molecule has 2 aliphatic carbocycles. The van der Waals surface area contributed by atoms with E-state index < -0.39 is 75.2 Å². The van der Waals surface area contributed by atoms with Crippen molar-refractivity contribution in [2.75, 3.05) is 54.1 Å². The summed E-state index contributed by atoms with van der Waals surface area (Å²) >= 11 is 1.53. The molecule has 2 bridgehead atoms. The van der Waals surface area contributed by atoms with E-state index in [1.807, 2.05) is 44.2 Å². The molecule has 3 N–H and O–H groups in total. The first-order valence-electron chi connectivity index (χ1n) is 23.9. The molecule has 1 aromatic heterocycles. The molecular weight excluding hydrogens is 889 g/mol. The van der Waals surface area contributed by atoms with Gasteiger partial charge >= 0.3 is 17.9 Å². The van der Waals surface area contributed by atoms with Crippen LogP contribution in [0.2, 0.25) is 0 Å². The molecule has 0 radical (unpaired) electrons. The zero-order valence-electron chi connectivity index (χ0n) is 39.4. The van der Waals surface area contributed by atoms with Gasteiger partial charge in [0, 0.05) is 89.7 Å². The van der Waals surface area contributed by atoms with E-state index in [4.69, 9.17) is 23.7 Å². The number of allylic oxidation sites excluding steroid dienone is 1. The molecule has 7 heterocycles. The molecule has 3 aromatic rings. The number of likely N-dealkylation sites (tertiary alicyclic amines) is 1. The number of H-pyrrole nitrogens is 1. The first kappa shape index (κ1) is 45.5. The van der Waals surface area contributed by atoms with E-state index in [2.05, 4.69) is 39.1 Å². The van der Waals surface area contributed by atoms with Crippen molar-refractivity contribution in [2.24, 2.45) is 22.7 Å². The van der Waals surface area contributed by atoms with Crippen LogP contribution in [-0.4, -0.2) is 143 Å². The average Bonchev–Trinajstić information content (AvgIpc) is 3.55. The maximum absolute atomic E-state index is 15.7. The Labute approximate surface area is 399 Å². The highest BCUT2D eigenvalue weighted by Crippen LogP contribution is 2.82. The maximum atomic E-state index is 15.7. The van der Waals surface area contributed by atoms with Gasteiger partial charge in [0.2, 0.25) is 12.1 Å². The molecule has 15 nitrogen and oxygen atoms in total. The van der Waals surface area contributed by atoms with Crippen molar-refractivity contribution in [1.29, 1.82) is 0 Å². The highest BCUT2D eigenvalue weighted by molar-refractivity contribution is 7.99. The summed E-state index contributed by atoms with van der Waals surface area (Å²) in [6.07, 6.45) is 9.75. The van der Waals surface area contributed by atoms with Gasteiger partial charge in [0.15, 0.2) is 6.10 Å². The van der Waals surface area contributed by atoms with Crippen LogP contribution < -0.4 is 0 Å². The van der Waals surface area contributed by atoms with Gasteiger partial charge in [-0.25, -0.2) is 4.79 Å². The molecule has 11 rings (SSSR count). The number of carbonyl (C=O) groups excluding carboxylic acids is 4. The lowest BCUT2D eigenvalue weighted by atomic mass is 9.48. The Morgan fingerprint density at radius 1 is 1.00 bits per heavy atom. The normalized spacial score (nSPS) is 38.5. The number of nitrogens with one attached hydrogen (secondary N) is 1. The van der Waals surface area contributed by atoms with E-state index in [1.54, 1.807) is 19.2 Å². The number of methoxy groups -OCH3 is 3. The number of nitrogens with zero attached hydrogens (tertiary/aromatic N) is 3. The molecule has 16 heteroatoms. The number of aliphatic hydroxyl groups is 1. The van der Waals surface area contributed by atoms with Crippen LogP contribution in [0.5, 0.6) is 5.75 Å². The molecule has 2 aromatic carbocycles. The molecule has 5 fully saturated rings. The van der Waals surface area contributed by atoms with Crippen LogP contribution >= 0.6 is 11.8 Å². The lowest BCUT2D eigenvalue weighted by Gasteiger charge is -2.58. The summed E-state index contributed by atoms with van der Waals surface area (Å²) in [6.45, 7) is 8.34. The average molecular weight is 949 g/mol. The molecule has 8 aliphatic rings. The number of piperidine rings is 1. The van der Waals surface area contributed by atoms with Crippen LogP contribution in [0.4, 0.5) is 0 Å². The number of phenolic OH excluding ortho intramolecular Hbond substituents is 1. The van der Waals surface area contributed by atoms with Gasteiger partial charge in [-0.3, -0.25) is 29.1 Å². The summed E-state index contributed by atoms with van der Waals surface area (Å²) in [5.74, 6) is -2.52. The number of aromatic nitrogens is 1. The number of epoxide rings is 1. The van der Waals surface area contributed by atoms with Gasteiger partial charge in [-0.15, -0.1) is 0 Å². The van der Waals surface area contributed by atoms with Crippen molar-refractivity contribution in [3.63, 3.8) is 0 Å². The summed E-state index contributed by atoms with van der Waals surface area (Å²) < 4.78 is 31.5. The number of benzene rings is 2. The van der Waals surface area contributed by atoms with Crippen molar-refractivity contribution < 1.29 is 53.1 Å². The summed E-state index contributed by atoms with van der Waals surface area (Å²) in [6, 6.07) is 12.9. The predicted octanol–water partition coefficient (Wildman–Crippen LogP) is 5.38. The number of hydrogen-bond acceptors (Lipinski definition) is 14. The molecule has 3 unspecified atom stereocenters. The highest BCUT2D eigenvalue weighted by Gasteiger charge is 3.00. The number of rotatable bonds is 10. The second-order valence-corrected chi connectivity index (χ2v) is 21.5. The summed E-state index contributed by atoms with van der Waals surface area (Å²) in [7, 11) is 4.30. The van der Waals surface area contributed by atoms with Crippen molar-refractivity contribution in [2.45, 2.75) is 110 Å². The lowest BCUT2D eigenvalue weighted by Crippen LogP contribution is -2.74. The third-order valence-electron chi connectivity index (χ3n) is 17.4. The minimum atomic E-state index is -1.90. The topological polar surface area (TPSA) is 184 Å². The largest absolute Gasteiger partial charge is 0.508 e. The number of hydrogen-bond donors (Lipinski definition) is 3. The van der Waals surface area contributed by atoms with Gasteiger partial charge in [-0.2, -0.15) is 0 Å². The maximum Gasteiger partial charge on any atom is 0.347 e. The van der Waals surface area contributed by atoms with Crippen LogP contribution in [-0.2, 0) is 54.7 Å². The van der Waals surface area contributed by atoms with Gasteiger partial charge in [-0.1, -0.05) is 49.9 Å². The lowest BCUT2D eigenvalue weighted by molar-refractivity contribution is -0.183. The zero-order chi connectivity index (χ0) is 47.8. The second-order valence-electron chi connectivity index (χ2n) is 20.4. The first-order chi connectivity index (χ1) is 32.7. The SMILES string of the molecule is CC[C@]1(O)C[C@H]2CN(CCc3c([nH]c4ccc(Sc5cccc(O)c5)cc34)[C@@](C(=O)OC)(C3C=C4C(=CC3OC)N(C=O)[C@@]35O[C@]3(C(=O)OC)[C@H](OC(C)=O)[C@]3(CC)C=CCN6CC[C@]45[C@@H]63)C2)C1. The Morgan fingerprint density at radius 3 is 2.50 bits per heavy atom. The number of ether oxygens (including phenoxy) is 5. The Kier molecular flexibility index (Phi) is 10.5. The van der Waals surface area contributed by atoms with E-state index in [0.29, 0.717) is 89.0 Å². The molecule has 68 heavy (non-hydrogen) atoms. The van der Waals surface area contributed by atoms with Crippen LogP contribution in [0.1, 0.15) is 64.1 Å². The number of amides is 1. The van der Waals surface area contributed by atoms with Crippen molar-refractivity contribution >= 4 is 47.0 Å². The summed E-state index contributed by atoms with van der Waals surface area (Å²) in [5, 5.41) is 23.4. The van der Waals surface area contributed by atoms with E-state index in [9.17, 15) is 24.6 Å². The Bertz CT molecular complexity index is 2740. The van der Waals surface area contributed by atoms with E-state index in [-0.39, 0.29) is 11.7 Å².